The third-order valence-electron chi connectivity index (χ3n) is 8.18. The summed E-state index contributed by atoms with van der Waals surface area (Å²) < 4.78 is 12.3. The van der Waals surface area contributed by atoms with E-state index >= 15 is 0 Å². The van der Waals surface area contributed by atoms with E-state index in [9.17, 15) is 15.2 Å². The van der Waals surface area contributed by atoms with Crippen molar-refractivity contribution in [2.45, 2.75) is 56.8 Å². The maximum atomic E-state index is 12.2. The van der Waals surface area contributed by atoms with Gasteiger partial charge in [-0.1, -0.05) is 43.7 Å². The number of likely N-dealkylation sites (N-methyl/N-ethyl adjacent to an activating group) is 1. The van der Waals surface area contributed by atoms with Crippen LogP contribution in [-0.2, 0) is 22.4 Å². The number of rotatable bonds is 11. The molecule has 3 N–H and O–H groups in total. The number of nitriles is 1. The molecule has 2 aromatic carbocycles. The lowest BCUT2D eigenvalue weighted by Crippen LogP contribution is -2.73. The summed E-state index contributed by atoms with van der Waals surface area (Å²) in [4.78, 5) is 17.0. The number of ether oxygens (including phenoxy) is 2. The summed E-state index contributed by atoms with van der Waals surface area (Å²) in [5.41, 5.74) is 7.40. The Hall–Kier alpha value is -3.51. The van der Waals surface area contributed by atoms with Crippen LogP contribution in [0.25, 0.3) is 10.8 Å². The molecule has 1 aromatic heterocycles. The van der Waals surface area contributed by atoms with E-state index in [-0.39, 0.29) is 0 Å². The molecule has 0 spiro atoms. The normalized spacial score (nSPS) is 21.4. The molecular weight excluding hydrogens is 492 g/mol. The van der Waals surface area contributed by atoms with Crippen molar-refractivity contribution in [3.05, 3.63) is 71.4 Å². The maximum absolute atomic E-state index is 12.2. The van der Waals surface area contributed by atoms with Crippen LogP contribution in [0.2, 0.25) is 0 Å². The third kappa shape index (κ3) is 6.06. The lowest BCUT2D eigenvalue weighted by Gasteiger charge is -2.54. The summed E-state index contributed by atoms with van der Waals surface area (Å²) in [7, 11) is 4.09. The van der Waals surface area contributed by atoms with Crippen LogP contribution in [0.4, 0.5) is 0 Å². The van der Waals surface area contributed by atoms with E-state index in [1.807, 2.05) is 44.4 Å². The van der Waals surface area contributed by atoms with Crippen LogP contribution in [0.15, 0.2) is 54.6 Å². The van der Waals surface area contributed by atoms with Gasteiger partial charge in [0.25, 0.3) is 0 Å². The van der Waals surface area contributed by atoms with Crippen molar-refractivity contribution in [1.29, 1.82) is 5.26 Å². The number of aromatic nitrogens is 1. The van der Waals surface area contributed by atoms with Gasteiger partial charge in [-0.2, -0.15) is 5.26 Å². The number of fused-ring (bicyclic) bond motifs is 1. The number of unbranched alkanes of at least 4 members (excludes halogenated alkanes) is 1. The number of nitrogens with two attached hydrogens (primary N) is 1. The molecule has 8 heteroatoms. The molecule has 1 fully saturated rings. The monoisotopic (exact) mass is 531 g/mol. The Morgan fingerprint density at radius 2 is 2.00 bits per heavy atom. The van der Waals surface area contributed by atoms with E-state index in [0.717, 1.165) is 41.3 Å². The Morgan fingerprint density at radius 3 is 2.69 bits per heavy atom. The molecule has 206 valence electrons. The fraction of sp³-hybridized carbons (Fsp3) is 0.452. The second kappa shape index (κ2) is 12.1. The van der Waals surface area contributed by atoms with Crippen molar-refractivity contribution in [3.63, 3.8) is 0 Å². The van der Waals surface area contributed by atoms with Crippen LogP contribution >= 0.6 is 0 Å². The molecule has 4 rings (SSSR count). The molecule has 0 aliphatic carbocycles. The molecule has 39 heavy (non-hydrogen) atoms. The number of aliphatic hydroxyl groups excluding tert-OH is 1. The van der Waals surface area contributed by atoms with E-state index in [1.54, 1.807) is 12.1 Å². The Morgan fingerprint density at radius 1 is 1.26 bits per heavy atom. The van der Waals surface area contributed by atoms with Gasteiger partial charge in [0.15, 0.2) is 6.10 Å². The second-order valence-corrected chi connectivity index (χ2v) is 11.0. The highest BCUT2D eigenvalue weighted by atomic mass is 16.5. The second-order valence-electron chi connectivity index (χ2n) is 11.0. The molecule has 0 radical (unpaired) electrons. The number of hydrogen-bond acceptors (Lipinski definition) is 6. The van der Waals surface area contributed by atoms with Crippen LogP contribution in [0.3, 0.4) is 0 Å². The van der Waals surface area contributed by atoms with Gasteiger partial charge < -0.3 is 24.8 Å². The zero-order chi connectivity index (χ0) is 28.0. The lowest BCUT2D eigenvalue weighted by molar-refractivity contribution is -0.948. The predicted molar refractivity (Wildman–Crippen MR) is 150 cm³/mol. The van der Waals surface area contributed by atoms with Crippen molar-refractivity contribution >= 4 is 16.7 Å². The Balaban J connectivity index is 1.61. The Labute approximate surface area is 230 Å². The highest BCUT2D eigenvalue weighted by Gasteiger charge is 2.57. The van der Waals surface area contributed by atoms with Gasteiger partial charge in [0, 0.05) is 23.9 Å². The Bertz CT molecular complexity index is 1330. The van der Waals surface area contributed by atoms with Gasteiger partial charge in [0.1, 0.15) is 24.8 Å². The van der Waals surface area contributed by atoms with Gasteiger partial charge in [-0.15, -0.1) is 0 Å². The van der Waals surface area contributed by atoms with E-state index in [4.69, 9.17) is 20.2 Å². The van der Waals surface area contributed by atoms with Crippen LogP contribution < -0.4 is 10.5 Å². The molecule has 1 aliphatic rings. The molecule has 3 atom stereocenters. The molecular formula is C31H39N4O4+. The number of aryl methyl sites for hydroxylation is 1. The van der Waals surface area contributed by atoms with Gasteiger partial charge in [0.05, 0.1) is 32.3 Å². The zero-order valence-electron chi connectivity index (χ0n) is 23.1. The van der Waals surface area contributed by atoms with Gasteiger partial charge in [-0.05, 0) is 48.1 Å². The quantitative estimate of drug-likeness (QED) is 0.366. The highest BCUT2D eigenvalue weighted by Crippen LogP contribution is 2.38. The summed E-state index contributed by atoms with van der Waals surface area (Å²) in [5.74, 6) is -0.0647. The topological polar surface area (TPSA) is 118 Å². The molecule has 1 amide bonds. The Kier molecular flexibility index (Phi) is 8.86. The smallest absolute Gasteiger partial charge is 0.249 e. The number of primary amides is 1. The number of nitrogens with zero attached hydrogens (tertiary/aromatic N) is 3. The van der Waals surface area contributed by atoms with Crippen LogP contribution in [-0.4, -0.2) is 72.1 Å². The fourth-order valence-electron chi connectivity index (χ4n) is 5.65. The standard InChI is InChI=1S/C31H38N4O4/c1-4-5-9-25-19-24-8-6-7-10-26(24)30(34-25)39-18-16-35(2,3)31(15-17-38-27(28(31)36)29(33)37)20-22-11-13-23(21-32)14-12-22/h6-8,10-14,19,27-28,36H,4-5,9,15-18,20H2,1-3H3,(H-,33,37)/p+1/t27?,28-,31+/m0/s1. The fourth-order valence-corrected chi connectivity index (χ4v) is 5.65. The number of aliphatic hydroxyl groups is 1. The molecule has 8 nitrogen and oxygen atoms in total. The van der Waals surface area contributed by atoms with Gasteiger partial charge in [-0.25, -0.2) is 4.98 Å². The summed E-state index contributed by atoms with van der Waals surface area (Å²) >= 11 is 0. The van der Waals surface area contributed by atoms with Crippen molar-refractivity contribution < 1.29 is 23.9 Å². The molecule has 3 aromatic rings. The average molecular weight is 532 g/mol. The number of carbonyl (C=O) groups excluding carboxylic acids is 1. The van der Waals surface area contributed by atoms with Crippen molar-refractivity contribution in [3.8, 4) is 11.9 Å². The van der Waals surface area contributed by atoms with Crippen molar-refractivity contribution in [1.82, 2.24) is 4.98 Å². The SMILES string of the molecule is CCCCc1cc2ccccc2c(OCC[N+](C)(C)[C@@]2(Cc3ccc(C#N)cc3)CCOC(C(N)=O)[C@@H]2O)n1. The highest BCUT2D eigenvalue weighted by molar-refractivity contribution is 5.87. The number of carbonyl (C=O) groups is 1. The minimum absolute atomic E-state index is 0.301. The third-order valence-corrected chi connectivity index (χ3v) is 8.18. The maximum Gasteiger partial charge on any atom is 0.249 e. The number of pyridine rings is 1. The van der Waals surface area contributed by atoms with Gasteiger partial charge in [0.2, 0.25) is 11.8 Å². The molecule has 1 aliphatic heterocycles. The number of amides is 1. The molecule has 1 unspecified atom stereocenters. The summed E-state index contributed by atoms with van der Waals surface area (Å²) in [6, 6.07) is 19.7. The first kappa shape index (κ1) is 28.5. The van der Waals surface area contributed by atoms with Crippen molar-refractivity contribution in [2.75, 3.05) is 33.9 Å². The number of benzene rings is 2. The first-order chi connectivity index (χ1) is 18.7. The minimum Gasteiger partial charge on any atom is -0.471 e. The van der Waals surface area contributed by atoms with E-state index in [1.165, 1.54) is 0 Å². The van der Waals surface area contributed by atoms with Gasteiger partial charge in [-0.3, -0.25) is 4.79 Å². The van der Waals surface area contributed by atoms with E-state index in [0.29, 0.717) is 48.5 Å². The predicted octanol–water partition coefficient (Wildman–Crippen LogP) is 3.52. The van der Waals surface area contributed by atoms with Crippen molar-refractivity contribution in [2.24, 2.45) is 5.73 Å². The summed E-state index contributed by atoms with van der Waals surface area (Å²) in [6.07, 6.45) is 1.84. The molecule has 1 saturated heterocycles. The average Bonchev–Trinajstić information content (AvgIpc) is 2.93. The molecule has 0 saturated carbocycles. The lowest BCUT2D eigenvalue weighted by atomic mass is 9.75. The first-order valence-corrected chi connectivity index (χ1v) is 13.6. The van der Waals surface area contributed by atoms with Crippen LogP contribution in [0.5, 0.6) is 5.88 Å². The van der Waals surface area contributed by atoms with Crippen LogP contribution in [0, 0.1) is 11.3 Å². The van der Waals surface area contributed by atoms with E-state index < -0.39 is 23.7 Å². The van der Waals surface area contributed by atoms with E-state index in [2.05, 4.69) is 25.1 Å². The first-order valence-electron chi connectivity index (χ1n) is 13.6. The molecule has 2 heterocycles. The zero-order valence-corrected chi connectivity index (χ0v) is 23.1. The van der Waals surface area contributed by atoms with Crippen LogP contribution in [0.1, 0.15) is 43.0 Å². The summed E-state index contributed by atoms with van der Waals surface area (Å²) in [5, 5.41) is 22.8. The van der Waals surface area contributed by atoms with Gasteiger partial charge >= 0.3 is 0 Å². The molecule has 0 bridgehead atoms. The minimum atomic E-state index is -1.12. The summed E-state index contributed by atoms with van der Waals surface area (Å²) in [6.45, 7) is 3.38. The largest absolute Gasteiger partial charge is 0.471 e. The number of quaternary nitrogens is 1. The number of hydrogen-bond donors (Lipinski definition) is 2.